The lowest BCUT2D eigenvalue weighted by Crippen LogP contribution is -2.43. The molecule has 0 unspecified atom stereocenters. The van der Waals surface area contributed by atoms with Crippen LogP contribution >= 0.6 is 0 Å². The highest BCUT2D eigenvalue weighted by Gasteiger charge is 2.26. The number of hydrogen-bond donors (Lipinski definition) is 0. The molecule has 0 radical (unpaired) electrons. The molecule has 1 atom stereocenters. The van der Waals surface area contributed by atoms with Gasteiger partial charge < -0.3 is 18.9 Å². The molecule has 134 valence electrons. The Morgan fingerprint density at radius 3 is 3.16 bits per heavy atom. The standard InChI is InChI=1S/C16H21N5O4/c1-23-8-4-14-19-15(25-20-14)11-24-12-3-2-7-21(10-12)16(22)13-9-17-5-6-18-13/h5-6,9,12H,2-4,7-8,10-11H2,1H3/t12-/m1/s1. The van der Waals surface area contributed by atoms with Crippen molar-refractivity contribution in [3.05, 3.63) is 36.0 Å². The van der Waals surface area contributed by atoms with Crippen LogP contribution in [-0.4, -0.2) is 63.8 Å². The molecule has 3 rings (SSSR count). The Morgan fingerprint density at radius 1 is 1.44 bits per heavy atom. The Kier molecular flexibility index (Phi) is 6.02. The molecule has 1 aliphatic rings. The number of carbonyl (C=O) groups excluding carboxylic acids is 1. The average molecular weight is 347 g/mol. The first-order chi connectivity index (χ1) is 12.3. The Morgan fingerprint density at radius 2 is 2.36 bits per heavy atom. The molecule has 0 N–H and O–H groups in total. The average Bonchev–Trinajstić information content (AvgIpc) is 3.13. The van der Waals surface area contributed by atoms with E-state index in [0.29, 0.717) is 43.5 Å². The normalized spacial score (nSPS) is 17.6. The number of aromatic nitrogens is 4. The first-order valence-electron chi connectivity index (χ1n) is 8.23. The van der Waals surface area contributed by atoms with Gasteiger partial charge in [-0.3, -0.25) is 9.78 Å². The Hall–Kier alpha value is -2.39. The van der Waals surface area contributed by atoms with E-state index in [2.05, 4.69) is 20.1 Å². The smallest absolute Gasteiger partial charge is 0.274 e. The first-order valence-corrected chi connectivity index (χ1v) is 8.23. The van der Waals surface area contributed by atoms with E-state index in [1.54, 1.807) is 18.2 Å². The predicted octanol–water partition coefficient (Wildman–Crippen LogP) is 0.870. The topological polar surface area (TPSA) is 103 Å². The number of rotatable bonds is 7. The van der Waals surface area contributed by atoms with E-state index >= 15 is 0 Å². The summed E-state index contributed by atoms with van der Waals surface area (Å²) in [6.45, 7) is 1.98. The highest BCUT2D eigenvalue weighted by molar-refractivity contribution is 5.92. The number of ether oxygens (including phenoxy) is 2. The molecule has 0 bridgehead atoms. The summed E-state index contributed by atoms with van der Waals surface area (Å²) < 4.78 is 16.0. The second-order valence-electron chi connectivity index (χ2n) is 5.76. The third-order valence-corrected chi connectivity index (χ3v) is 3.93. The van der Waals surface area contributed by atoms with Gasteiger partial charge >= 0.3 is 0 Å². The number of carbonyl (C=O) groups is 1. The Labute approximate surface area is 145 Å². The maximum absolute atomic E-state index is 12.4. The number of amides is 1. The molecule has 1 saturated heterocycles. The van der Waals surface area contributed by atoms with Gasteiger partial charge in [-0.05, 0) is 12.8 Å². The molecule has 2 aromatic rings. The lowest BCUT2D eigenvalue weighted by Gasteiger charge is -2.32. The number of likely N-dealkylation sites (tertiary alicyclic amines) is 1. The van der Waals surface area contributed by atoms with E-state index in [-0.39, 0.29) is 18.6 Å². The van der Waals surface area contributed by atoms with Gasteiger partial charge in [-0.25, -0.2) is 4.98 Å². The van der Waals surface area contributed by atoms with Gasteiger partial charge in [0.15, 0.2) is 5.82 Å². The summed E-state index contributed by atoms with van der Waals surface area (Å²) in [5.41, 5.74) is 0.350. The summed E-state index contributed by atoms with van der Waals surface area (Å²) in [6.07, 6.45) is 6.83. The number of piperidine rings is 1. The van der Waals surface area contributed by atoms with Gasteiger partial charge in [-0.15, -0.1) is 0 Å². The SMILES string of the molecule is COCCc1noc(CO[C@@H]2CCCN(C(=O)c3cnccn3)C2)n1. The fourth-order valence-corrected chi connectivity index (χ4v) is 2.66. The van der Waals surface area contributed by atoms with Crippen LogP contribution in [0.25, 0.3) is 0 Å². The summed E-state index contributed by atoms with van der Waals surface area (Å²) in [7, 11) is 1.63. The minimum atomic E-state index is -0.124. The Bertz CT molecular complexity index is 678. The van der Waals surface area contributed by atoms with Crippen molar-refractivity contribution in [2.75, 3.05) is 26.8 Å². The van der Waals surface area contributed by atoms with Crippen molar-refractivity contribution in [1.29, 1.82) is 0 Å². The van der Waals surface area contributed by atoms with Crippen molar-refractivity contribution < 1.29 is 18.8 Å². The summed E-state index contributed by atoms with van der Waals surface area (Å²) >= 11 is 0. The Balaban J connectivity index is 1.50. The van der Waals surface area contributed by atoms with Crippen LogP contribution in [0.3, 0.4) is 0 Å². The molecule has 9 heteroatoms. The van der Waals surface area contributed by atoms with Crippen molar-refractivity contribution >= 4 is 5.91 Å². The number of methoxy groups -OCH3 is 1. The largest absolute Gasteiger partial charge is 0.384 e. The highest BCUT2D eigenvalue weighted by atomic mass is 16.5. The van der Waals surface area contributed by atoms with Crippen LogP contribution in [0.4, 0.5) is 0 Å². The van der Waals surface area contributed by atoms with Gasteiger partial charge in [0.25, 0.3) is 11.8 Å². The van der Waals surface area contributed by atoms with Crippen LogP contribution < -0.4 is 0 Å². The van der Waals surface area contributed by atoms with Gasteiger partial charge in [-0.1, -0.05) is 5.16 Å². The minimum absolute atomic E-state index is 0.0660. The first kappa shape index (κ1) is 17.4. The van der Waals surface area contributed by atoms with E-state index in [0.717, 1.165) is 12.8 Å². The maximum atomic E-state index is 12.4. The van der Waals surface area contributed by atoms with Crippen LogP contribution in [0.5, 0.6) is 0 Å². The monoisotopic (exact) mass is 347 g/mol. The maximum Gasteiger partial charge on any atom is 0.274 e. The molecule has 0 spiro atoms. The van der Waals surface area contributed by atoms with Crippen LogP contribution in [0, 0.1) is 0 Å². The van der Waals surface area contributed by atoms with E-state index in [1.807, 2.05) is 0 Å². The van der Waals surface area contributed by atoms with E-state index < -0.39 is 0 Å². The molecule has 9 nitrogen and oxygen atoms in total. The van der Waals surface area contributed by atoms with Crippen molar-refractivity contribution in [3.63, 3.8) is 0 Å². The fraction of sp³-hybridized carbons (Fsp3) is 0.562. The van der Waals surface area contributed by atoms with Crippen LogP contribution in [-0.2, 0) is 22.5 Å². The van der Waals surface area contributed by atoms with Gasteiger partial charge in [0, 0.05) is 39.0 Å². The van der Waals surface area contributed by atoms with Crippen molar-refractivity contribution in [2.24, 2.45) is 0 Å². The molecule has 25 heavy (non-hydrogen) atoms. The van der Waals surface area contributed by atoms with Crippen LogP contribution in [0.2, 0.25) is 0 Å². The molecule has 3 heterocycles. The minimum Gasteiger partial charge on any atom is -0.384 e. The van der Waals surface area contributed by atoms with E-state index in [9.17, 15) is 4.79 Å². The summed E-state index contributed by atoms with van der Waals surface area (Å²) in [5.74, 6) is 0.910. The molecular formula is C16H21N5O4. The molecule has 0 aliphatic carbocycles. The molecule has 2 aromatic heterocycles. The molecular weight excluding hydrogens is 326 g/mol. The number of hydrogen-bond acceptors (Lipinski definition) is 8. The van der Waals surface area contributed by atoms with Gasteiger partial charge in [-0.2, -0.15) is 4.98 Å². The van der Waals surface area contributed by atoms with Crippen molar-refractivity contribution in [3.8, 4) is 0 Å². The molecule has 1 fully saturated rings. The molecule has 0 saturated carbocycles. The zero-order valence-electron chi connectivity index (χ0n) is 14.1. The zero-order chi connectivity index (χ0) is 17.5. The van der Waals surface area contributed by atoms with Gasteiger partial charge in [0.2, 0.25) is 0 Å². The summed E-state index contributed by atoms with van der Waals surface area (Å²) in [6, 6.07) is 0. The molecule has 1 aliphatic heterocycles. The molecule has 1 amide bonds. The van der Waals surface area contributed by atoms with Crippen molar-refractivity contribution in [1.82, 2.24) is 25.0 Å². The summed E-state index contributed by atoms with van der Waals surface area (Å²) in [5, 5.41) is 3.87. The molecule has 0 aromatic carbocycles. The van der Waals surface area contributed by atoms with Gasteiger partial charge in [0.1, 0.15) is 12.3 Å². The summed E-state index contributed by atoms with van der Waals surface area (Å²) in [4.78, 5) is 26.4. The number of nitrogens with zero attached hydrogens (tertiary/aromatic N) is 5. The van der Waals surface area contributed by atoms with E-state index in [4.69, 9.17) is 14.0 Å². The second kappa shape index (κ2) is 8.63. The third-order valence-electron chi connectivity index (χ3n) is 3.93. The van der Waals surface area contributed by atoms with E-state index in [1.165, 1.54) is 12.4 Å². The lowest BCUT2D eigenvalue weighted by molar-refractivity contribution is -0.0155. The fourth-order valence-electron chi connectivity index (χ4n) is 2.66. The van der Waals surface area contributed by atoms with Crippen molar-refractivity contribution in [2.45, 2.75) is 32.0 Å². The van der Waals surface area contributed by atoms with Gasteiger partial charge in [0.05, 0.1) is 18.9 Å². The van der Waals surface area contributed by atoms with Crippen LogP contribution in [0.1, 0.15) is 35.0 Å². The van der Waals surface area contributed by atoms with Crippen LogP contribution in [0.15, 0.2) is 23.1 Å². The predicted molar refractivity (Wildman–Crippen MR) is 85.6 cm³/mol. The highest BCUT2D eigenvalue weighted by Crippen LogP contribution is 2.16. The third kappa shape index (κ3) is 4.80. The second-order valence-corrected chi connectivity index (χ2v) is 5.76. The quantitative estimate of drug-likeness (QED) is 0.727. The zero-order valence-corrected chi connectivity index (χ0v) is 14.1. The lowest BCUT2D eigenvalue weighted by atomic mass is 10.1.